The number of benzene rings is 5. The van der Waals surface area contributed by atoms with Crippen LogP contribution in [0.5, 0.6) is 0 Å². The SMILES string of the molecule is O=C(NC[C@@H](NC(c1ccccc1)(c1ccccc1)c1ccccc1)c1ccccc1)OCc1ccccc1. The summed E-state index contributed by atoms with van der Waals surface area (Å²) in [5.74, 6) is 0. The third-order valence-electron chi connectivity index (χ3n) is 6.88. The molecule has 4 heteroatoms. The van der Waals surface area contributed by atoms with Crippen LogP contribution >= 0.6 is 0 Å². The maximum atomic E-state index is 12.8. The lowest BCUT2D eigenvalue weighted by Crippen LogP contribution is -2.49. The van der Waals surface area contributed by atoms with Gasteiger partial charge in [-0.1, -0.05) is 152 Å². The lowest BCUT2D eigenvalue weighted by Gasteiger charge is -2.40. The van der Waals surface area contributed by atoms with Crippen molar-refractivity contribution in [2.75, 3.05) is 6.54 Å². The molecule has 39 heavy (non-hydrogen) atoms. The van der Waals surface area contributed by atoms with Gasteiger partial charge in [0.25, 0.3) is 0 Å². The van der Waals surface area contributed by atoms with Gasteiger partial charge in [0, 0.05) is 6.54 Å². The average molecular weight is 513 g/mol. The zero-order chi connectivity index (χ0) is 26.8. The monoisotopic (exact) mass is 512 g/mol. The number of hydrogen-bond acceptors (Lipinski definition) is 3. The van der Waals surface area contributed by atoms with E-state index in [2.05, 4.69) is 95.6 Å². The van der Waals surface area contributed by atoms with Gasteiger partial charge in [-0.3, -0.25) is 5.32 Å². The molecule has 0 aliphatic rings. The van der Waals surface area contributed by atoms with Crippen LogP contribution in [0.2, 0.25) is 0 Å². The molecule has 0 aliphatic heterocycles. The lowest BCUT2D eigenvalue weighted by atomic mass is 9.76. The van der Waals surface area contributed by atoms with Crippen LogP contribution in [-0.2, 0) is 16.9 Å². The fraction of sp³-hybridized carbons (Fsp3) is 0.114. The standard InChI is InChI=1S/C35H32N2O2/c38-34(39-27-28-16-6-1-7-17-28)36-26-33(29-18-8-2-9-19-29)37-35(30-20-10-3-11-21-30,31-22-12-4-13-23-31)32-24-14-5-15-25-32/h1-25,33,37H,26-27H2,(H,36,38)/t33-/m1/s1. The molecule has 5 rings (SSSR count). The van der Waals surface area contributed by atoms with E-state index in [1.54, 1.807) is 0 Å². The molecule has 0 bridgehead atoms. The van der Waals surface area contributed by atoms with E-state index in [1.807, 2.05) is 66.7 Å². The van der Waals surface area contributed by atoms with Gasteiger partial charge in [0.05, 0.1) is 11.6 Å². The van der Waals surface area contributed by atoms with Crippen molar-refractivity contribution in [1.82, 2.24) is 10.6 Å². The van der Waals surface area contributed by atoms with E-state index >= 15 is 0 Å². The largest absolute Gasteiger partial charge is 0.445 e. The molecule has 4 nitrogen and oxygen atoms in total. The molecule has 194 valence electrons. The molecule has 5 aromatic carbocycles. The summed E-state index contributed by atoms with van der Waals surface area (Å²) in [6.45, 7) is 0.560. The number of rotatable bonds is 10. The van der Waals surface area contributed by atoms with Crippen LogP contribution in [0.15, 0.2) is 152 Å². The highest BCUT2D eigenvalue weighted by Gasteiger charge is 2.38. The third kappa shape index (κ3) is 6.25. The number of carbonyl (C=O) groups excluding carboxylic acids is 1. The summed E-state index contributed by atoms with van der Waals surface area (Å²) in [5.41, 5.74) is 4.65. The van der Waals surface area contributed by atoms with E-state index in [1.165, 1.54) is 0 Å². The lowest BCUT2D eigenvalue weighted by molar-refractivity contribution is 0.138. The van der Waals surface area contributed by atoms with Crippen LogP contribution < -0.4 is 10.6 Å². The number of nitrogens with one attached hydrogen (secondary N) is 2. The first-order chi connectivity index (χ1) is 19.3. The first kappa shape index (κ1) is 26.0. The van der Waals surface area contributed by atoms with Crippen molar-refractivity contribution in [2.24, 2.45) is 0 Å². The Bertz CT molecular complexity index is 1330. The summed E-state index contributed by atoms with van der Waals surface area (Å²) < 4.78 is 5.52. The fourth-order valence-electron chi connectivity index (χ4n) is 4.97. The Kier molecular flexibility index (Phi) is 8.47. The molecule has 0 heterocycles. The molecule has 0 aliphatic carbocycles. The summed E-state index contributed by atoms with van der Waals surface area (Å²) in [6, 6.07) is 51.0. The van der Waals surface area contributed by atoms with Crippen molar-refractivity contribution in [3.8, 4) is 0 Å². The molecule has 0 aromatic heterocycles. The van der Waals surface area contributed by atoms with Crippen LogP contribution in [0.4, 0.5) is 4.79 Å². The quantitative estimate of drug-likeness (QED) is 0.194. The average Bonchev–Trinajstić information content (AvgIpc) is 3.02. The summed E-state index contributed by atoms with van der Waals surface area (Å²) >= 11 is 0. The van der Waals surface area contributed by atoms with Crippen LogP contribution in [0.1, 0.15) is 33.9 Å². The minimum atomic E-state index is -0.681. The van der Waals surface area contributed by atoms with E-state index in [0.29, 0.717) is 6.54 Å². The Morgan fingerprint density at radius 1 is 0.590 bits per heavy atom. The predicted octanol–water partition coefficient (Wildman–Crippen LogP) is 7.24. The van der Waals surface area contributed by atoms with Crippen molar-refractivity contribution in [3.05, 3.63) is 179 Å². The van der Waals surface area contributed by atoms with E-state index < -0.39 is 11.6 Å². The first-order valence-electron chi connectivity index (χ1n) is 13.2. The number of ether oxygens (including phenoxy) is 1. The smallest absolute Gasteiger partial charge is 0.407 e. The summed E-state index contributed by atoms with van der Waals surface area (Å²) in [4.78, 5) is 12.8. The minimum Gasteiger partial charge on any atom is -0.445 e. The van der Waals surface area contributed by atoms with Crippen molar-refractivity contribution in [1.29, 1.82) is 0 Å². The summed E-state index contributed by atoms with van der Waals surface area (Å²) in [5, 5.41) is 7.00. The number of carbonyl (C=O) groups is 1. The second kappa shape index (κ2) is 12.7. The Labute approximate surface area is 230 Å². The predicted molar refractivity (Wildman–Crippen MR) is 156 cm³/mol. The Hall–Kier alpha value is -4.67. The van der Waals surface area contributed by atoms with E-state index in [9.17, 15) is 4.79 Å². The highest BCUT2D eigenvalue weighted by atomic mass is 16.5. The molecule has 0 fully saturated rings. The van der Waals surface area contributed by atoms with Gasteiger partial charge in [-0.2, -0.15) is 0 Å². The first-order valence-corrected chi connectivity index (χ1v) is 13.2. The number of amides is 1. The highest BCUT2D eigenvalue weighted by Crippen LogP contribution is 2.39. The van der Waals surface area contributed by atoms with Gasteiger partial charge in [-0.05, 0) is 27.8 Å². The van der Waals surface area contributed by atoms with Crippen molar-refractivity contribution >= 4 is 6.09 Å². The molecule has 5 aromatic rings. The van der Waals surface area contributed by atoms with Gasteiger partial charge in [0.2, 0.25) is 0 Å². The zero-order valence-corrected chi connectivity index (χ0v) is 21.7. The van der Waals surface area contributed by atoms with Gasteiger partial charge in [0.15, 0.2) is 0 Å². The molecule has 0 radical (unpaired) electrons. The molecule has 1 atom stereocenters. The Balaban J connectivity index is 1.51. The Morgan fingerprint density at radius 2 is 1.00 bits per heavy atom. The van der Waals surface area contributed by atoms with Crippen LogP contribution in [0, 0.1) is 0 Å². The van der Waals surface area contributed by atoms with Crippen molar-refractivity contribution in [2.45, 2.75) is 18.2 Å². The van der Waals surface area contributed by atoms with Gasteiger partial charge >= 0.3 is 6.09 Å². The van der Waals surface area contributed by atoms with Crippen molar-refractivity contribution in [3.63, 3.8) is 0 Å². The molecule has 0 saturated carbocycles. The maximum Gasteiger partial charge on any atom is 0.407 e. The molecule has 0 saturated heterocycles. The van der Waals surface area contributed by atoms with Crippen LogP contribution in [-0.4, -0.2) is 12.6 Å². The van der Waals surface area contributed by atoms with E-state index in [-0.39, 0.29) is 12.6 Å². The topological polar surface area (TPSA) is 50.4 Å². The number of hydrogen-bond donors (Lipinski definition) is 2. The third-order valence-corrected chi connectivity index (χ3v) is 6.88. The van der Waals surface area contributed by atoms with Gasteiger partial charge in [-0.25, -0.2) is 4.79 Å². The van der Waals surface area contributed by atoms with Gasteiger partial charge in [-0.15, -0.1) is 0 Å². The molecular weight excluding hydrogens is 480 g/mol. The molecule has 1 amide bonds. The molecular formula is C35H32N2O2. The minimum absolute atomic E-state index is 0.220. The maximum absolute atomic E-state index is 12.8. The summed E-state index contributed by atoms with van der Waals surface area (Å²) in [7, 11) is 0. The van der Waals surface area contributed by atoms with Crippen molar-refractivity contribution < 1.29 is 9.53 Å². The van der Waals surface area contributed by atoms with Crippen LogP contribution in [0.3, 0.4) is 0 Å². The second-order valence-electron chi connectivity index (χ2n) is 9.40. The summed E-state index contributed by atoms with van der Waals surface area (Å²) in [6.07, 6.45) is -0.452. The molecule has 2 N–H and O–H groups in total. The number of alkyl carbamates (subject to hydrolysis) is 1. The highest BCUT2D eigenvalue weighted by molar-refractivity contribution is 5.67. The van der Waals surface area contributed by atoms with Gasteiger partial charge in [0.1, 0.15) is 6.61 Å². The molecule has 0 spiro atoms. The normalized spacial score (nSPS) is 11.9. The van der Waals surface area contributed by atoms with E-state index in [0.717, 1.165) is 27.8 Å². The second-order valence-corrected chi connectivity index (χ2v) is 9.40. The Morgan fingerprint density at radius 3 is 1.46 bits per heavy atom. The fourth-order valence-corrected chi connectivity index (χ4v) is 4.97. The molecule has 0 unspecified atom stereocenters. The van der Waals surface area contributed by atoms with Gasteiger partial charge < -0.3 is 10.1 Å². The zero-order valence-electron chi connectivity index (χ0n) is 21.7. The van der Waals surface area contributed by atoms with E-state index in [4.69, 9.17) is 4.74 Å². The van der Waals surface area contributed by atoms with Crippen LogP contribution in [0.25, 0.3) is 0 Å².